The molecule has 2 fully saturated rings. The number of fused-ring (bicyclic) bond motifs is 1. The summed E-state index contributed by atoms with van der Waals surface area (Å²) in [6.45, 7) is 7.71. The van der Waals surface area contributed by atoms with Crippen molar-refractivity contribution in [3.8, 4) is 0 Å². The van der Waals surface area contributed by atoms with Gasteiger partial charge in [0.05, 0.1) is 23.9 Å². The van der Waals surface area contributed by atoms with Crippen molar-refractivity contribution in [2.24, 2.45) is 0 Å². The fourth-order valence-corrected chi connectivity index (χ4v) is 4.73. The van der Waals surface area contributed by atoms with E-state index >= 15 is 4.39 Å². The third-order valence-electron chi connectivity index (χ3n) is 6.34. The number of rotatable bonds is 5. The summed E-state index contributed by atoms with van der Waals surface area (Å²) in [4.78, 5) is 38.9. The van der Waals surface area contributed by atoms with E-state index in [1.54, 1.807) is 13.1 Å². The van der Waals surface area contributed by atoms with E-state index in [1.165, 1.54) is 13.0 Å². The SMILES string of the molecule is CCOC(=O)c1cn(C2CC2)c2c(C)c(N3CCC(NC(C)=O)C3C)c(F)cc2c1=O. The Balaban J connectivity index is 1.88. The first-order valence-electron chi connectivity index (χ1n) is 10.8. The number of esters is 1. The number of carbonyl (C=O) groups is 2. The Hall–Kier alpha value is -2.90. The summed E-state index contributed by atoms with van der Waals surface area (Å²) in [7, 11) is 0. The Bertz CT molecular complexity index is 1120. The average Bonchev–Trinajstić information content (AvgIpc) is 3.49. The van der Waals surface area contributed by atoms with Gasteiger partial charge >= 0.3 is 5.97 Å². The molecular formula is C23H28FN3O4. The fourth-order valence-electron chi connectivity index (χ4n) is 4.73. The van der Waals surface area contributed by atoms with Crippen LogP contribution in [0, 0.1) is 12.7 Å². The Morgan fingerprint density at radius 2 is 2.00 bits per heavy atom. The van der Waals surface area contributed by atoms with Crippen LogP contribution in [0.3, 0.4) is 0 Å². The molecule has 1 N–H and O–H groups in total. The number of hydrogen-bond donors (Lipinski definition) is 1. The molecule has 8 heteroatoms. The maximum absolute atomic E-state index is 15.4. The van der Waals surface area contributed by atoms with Gasteiger partial charge in [-0.05, 0) is 51.7 Å². The standard InChI is InChI=1S/C23H28FN3O4/c1-5-31-23(30)17-11-27(15-6-7-15)20-12(2)21(18(24)10-16(20)22(17)29)26-9-8-19(13(26)3)25-14(4)28/h10-11,13,15,19H,5-9H2,1-4H3,(H,25,28). The van der Waals surface area contributed by atoms with Crippen molar-refractivity contribution in [2.45, 2.75) is 65.1 Å². The van der Waals surface area contributed by atoms with Gasteiger partial charge in [-0.15, -0.1) is 0 Å². The average molecular weight is 429 g/mol. The second-order valence-electron chi connectivity index (χ2n) is 8.49. The lowest BCUT2D eigenvalue weighted by atomic mass is 10.0. The van der Waals surface area contributed by atoms with E-state index in [0.717, 1.165) is 19.3 Å². The first-order chi connectivity index (χ1) is 14.7. The zero-order chi connectivity index (χ0) is 22.4. The maximum Gasteiger partial charge on any atom is 0.343 e. The number of benzene rings is 1. The Labute approximate surface area is 180 Å². The van der Waals surface area contributed by atoms with Gasteiger partial charge in [-0.1, -0.05) is 0 Å². The molecule has 2 heterocycles. The number of nitrogens with zero attached hydrogens (tertiary/aromatic N) is 2. The first-order valence-corrected chi connectivity index (χ1v) is 10.8. The lowest BCUT2D eigenvalue weighted by molar-refractivity contribution is -0.119. The highest BCUT2D eigenvalue weighted by Crippen LogP contribution is 2.41. The number of amides is 1. The number of aromatic nitrogens is 1. The second-order valence-corrected chi connectivity index (χ2v) is 8.49. The number of carbonyl (C=O) groups excluding carboxylic acids is 2. The van der Waals surface area contributed by atoms with Gasteiger partial charge in [0.15, 0.2) is 0 Å². The summed E-state index contributed by atoms with van der Waals surface area (Å²) >= 11 is 0. The van der Waals surface area contributed by atoms with Gasteiger partial charge in [0.1, 0.15) is 11.4 Å². The summed E-state index contributed by atoms with van der Waals surface area (Å²) in [5.74, 6) is -1.29. The fraction of sp³-hybridized carbons (Fsp3) is 0.522. The largest absolute Gasteiger partial charge is 0.462 e. The lowest BCUT2D eigenvalue weighted by Crippen LogP contribution is -2.43. The van der Waals surface area contributed by atoms with Crippen molar-refractivity contribution in [1.82, 2.24) is 9.88 Å². The Kier molecular flexibility index (Phi) is 5.49. The van der Waals surface area contributed by atoms with Crippen LogP contribution in [0.25, 0.3) is 10.9 Å². The molecule has 2 atom stereocenters. The molecule has 1 aliphatic heterocycles. The molecule has 2 aromatic rings. The van der Waals surface area contributed by atoms with Gasteiger partial charge in [-0.3, -0.25) is 9.59 Å². The van der Waals surface area contributed by atoms with Crippen LogP contribution in [0.2, 0.25) is 0 Å². The minimum absolute atomic E-state index is 0.0620. The second kappa shape index (κ2) is 7.98. The van der Waals surface area contributed by atoms with Crippen LogP contribution in [-0.4, -0.2) is 41.7 Å². The van der Waals surface area contributed by atoms with Crippen molar-refractivity contribution in [3.63, 3.8) is 0 Å². The molecule has 166 valence electrons. The minimum Gasteiger partial charge on any atom is -0.462 e. The third-order valence-corrected chi connectivity index (χ3v) is 6.34. The molecule has 1 aromatic carbocycles. The highest BCUT2D eigenvalue weighted by Gasteiger charge is 2.35. The predicted octanol–water partition coefficient (Wildman–Crippen LogP) is 3.06. The van der Waals surface area contributed by atoms with Gasteiger partial charge in [0.2, 0.25) is 11.3 Å². The zero-order valence-corrected chi connectivity index (χ0v) is 18.3. The highest BCUT2D eigenvalue weighted by atomic mass is 19.1. The first kappa shape index (κ1) is 21.3. The molecule has 4 rings (SSSR count). The zero-order valence-electron chi connectivity index (χ0n) is 18.3. The van der Waals surface area contributed by atoms with Crippen LogP contribution in [0.15, 0.2) is 17.1 Å². The molecule has 1 aliphatic carbocycles. The van der Waals surface area contributed by atoms with Crippen LogP contribution in [0.5, 0.6) is 0 Å². The van der Waals surface area contributed by atoms with Crippen molar-refractivity contribution >= 4 is 28.5 Å². The molecule has 2 unspecified atom stereocenters. The molecule has 0 bridgehead atoms. The summed E-state index contributed by atoms with van der Waals surface area (Å²) in [6.07, 6.45) is 4.17. The van der Waals surface area contributed by atoms with E-state index in [9.17, 15) is 14.4 Å². The van der Waals surface area contributed by atoms with Gasteiger partial charge in [0.25, 0.3) is 0 Å². The highest BCUT2D eigenvalue weighted by molar-refractivity contribution is 5.96. The van der Waals surface area contributed by atoms with E-state index in [2.05, 4.69) is 5.32 Å². The number of aryl methyl sites for hydroxylation is 1. The lowest BCUT2D eigenvalue weighted by Gasteiger charge is -2.29. The molecule has 1 aromatic heterocycles. The van der Waals surface area contributed by atoms with Crippen molar-refractivity contribution in [3.05, 3.63) is 39.4 Å². The molecule has 7 nitrogen and oxygen atoms in total. The van der Waals surface area contributed by atoms with E-state index in [4.69, 9.17) is 4.74 Å². The number of ether oxygens (including phenoxy) is 1. The maximum atomic E-state index is 15.4. The van der Waals surface area contributed by atoms with Gasteiger partial charge in [-0.25, -0.2) is 9.18 Å². The summed E-state index contributed by atoms with van der Waals surface area (Å²) in [5, 5.41) is 3.13. The topological polar surface area (TPSA) is 80.6 Å². The monoisotopic (exact) mass is 429 g/mol. The Morgan fingerprint density at radius 3 is 2.61 bits per heavy atom. The number of pyridine rings is 1. The van der Waals surface area contributed by atoms with Crippen LogP contribution in [-0.2, 0) is 9.53 Å². The summed E-state index contributed by atoms with van der Waals surface area (Å²) in [6, 6.07) is 1.27. The van der Waals surface area contributed by atoms with Gasteiger partial charge in [-0.2, -0.15) is 0 Å². The van der Waals surface area contributed by atoms with Crippen molar-refractivity contribution in [1.29, 1.82) is 0 Å². The minimum atomic E-state index is -0.683. The molecule has 1 saturated heterocycles. The van der Waals surface area contributed by atoms with Crippen molar-refractivity contribution in [2.75, 3.05) is 18.1 Å². The smallest absolute Gasteiger partial charge is 0.343 e. The molecule has 0 radical (unpaired) electrons. The van der Waals surface area contributed by atoms with E-state index in [1.807, 2.05) is 23.3 Å². The van der Waals surface area contributed by atoms with E-state index in [0.29, 0.717) is 23.3 Å². The summed E-state index contributed by atoms with van der Waals surface area (Å²) < 4.78 is 22.4. The Morgan fingerprint density at radius 1 is 1.29 bits per heavy atom. The molecule has 1 amide bonds. The number of halogens is 1. The van der Waals surface area contributed by atoms with Crippen LogP contribution >= 0.6 is 0 Å². The van der Waals surface area contributed by atoms with Crippen molar-refractivity contribution < 1.29 is 18.7 Å². The van der Waals surface area contributed by atoms with Gasteiger partial charge < -0.3 is 19.5 Å². The predicted molar refractivity (Wildman–Crippen MR) is 116 cm³/mol. The van der Waals surface area contributed by atoms with Crippen LogP contribution in [0.1, 0.15) is 62.0 Å². The van der Waals surface area contributed by atoms with Crippen LogP contribution in [0.4, 0.5) is 10.1 Å². The van der Waals surface area contributed by atoms with E-state index < -0.39 is 17.2 Å². The van der Waals surface area contributed by atoms with Gasteiger partial charge in [0, 0.05) is 37.1 Å². The van der Waals surface area contributed by atoms with E-state index in [-0.39, 0.29) is 41.6 Å². The normalized spacial score (nSPS) is 20.9. The molecular weight excluding hydrogens is 401 g/mol. The molecule has 1 saturated carbocycles. The number of anilines is 1. The quantitative estimate of drug-likeness (QED) is 0.739. The third kappa shape index (κ3) is 3.68. The number of nitrogens with one attached hydrogen (secondary N) is 1. The molecule has 2 aliphatic rings. The number of hydrogen-bond acceptors (Lipinski definition) is 5. The summed E-state index contributed by atoms with van der Waals surface area (Å²) in [5.41, 5.74) is 1.21. The molecule has 0 spiro atoms. The molecule has 31 heavy (non-hydrogen) atoms. The van der Waals surface area contributed by atoms with Crippen LogP contribution < -0.4 is 15.6 Å².